The Labute approximate surface area is 190 Å². The van der Waals surface area contributed by atoms with E-state index in [2.05, 4.69) is 25.2 Å². The SMILES string of the molecule is CNc1cc(F)c(C)c2c1[nH]c1nc(Oc3ccc(C)nc3)nc(N3CC4(CCC4N)C3)c12. The van der Waals surface area contributed by atoms with Gasteiger partial charge in [-0.25, -0.2) is 4.39 Å². The molecule has 3 aromatic heterocycles. The van der Waals surface area contributed by atoms with Crippen LogP contribution in [0.4, 0.5) is 15.9 Å². The Morgan fingerprint density at radius 1 is 1.24 bits per heavy atom. The van der Waals surface area contributed by atoms with Crippen molar-refractivity contribution in [1.29, 1.82) is 0 Å². The number of aromatic nitrogens is 4. The first-order valence-electron chi connectivity index (χ1n) is 11.2. The van der Waals surface area contributed by atoms with Crippen LogP contribution in [0.15, 0.2) is 24.4 Å². The highest BCUT2D eigenvalue weighted by Crippen LogP contribution is 2.50. The molecule has 1 aromatic carbocycles. The third-order valence-electron chi connectivity index (χ3n) is 7.30. The van der Waals surface area contributed by atoms with Crippen LogP contribution in [0.25, 0.3) is 21.9 Å². The van der Waals surface area contributed by atoms with Crippen molar-refractivity contribution in [2.24, 2.45) is 11.1 Å². The Morgan fingerprint density at radius 3 is 2.70 bits per heavy atom. The van der Waals surface area contributed by atoms with E-state index in [0.717, 1.165) is 53.7 Å². The summed E-state index contributed by atoms with van der Waals surface area (Å²) in [6.45, 7) is 5.36. The predicted octanol–water partition coefficient (Wildman–Crippen LogP) is 4.02. The van der Waals surface area contributed by atoms with Crippen LogP contribution in [-0.4, -0.2) is 46.1 Å². The highest BCUT2D eigenvalue weighted by atomic mass is 19.1. The molecule has 6 rings (SSSR count). The molecule has 1 saturated heterocycles. The number of aromatic amines is 1. The summed E-state index contributed by atoms with van der Waals surface area (Å²) in [4.78, 5) is 19.3. The lowest BCUT2D eigenvalue weighted by Crippen LogP contribution is -2.69. The first-order valence-corrected chi connectivity index (χ1v) is 11.2. The summed E-state index contributed by atoms with van der Waals surface area (Å²) in [5.74, 6) is 1.02. The van der Waals surface area contributed by atoms with Crippen LogP contribution in [-0.2, 0) is 0 Å². The molecule has 9 heteroatoms. The largest absolute Gasteiger partial charge is 0.423 e. The number of ether oxygens (including phenoxy) is 1. The van der Waals surface area contributed by atoms with Crippen molar-refractivity contribution in [2.75, 3.05) is 30.4 Å². The summed E-state index contributed by atoms with van der Waals surface area (Å²) >= 11 is 0. The maximum atomic E-state index is 14.8. The number of H-pyrrole nitrogens is 1. The van der Waals surface area contributed by atoms with Crippen LogP contribution < -0.4 is 20.7 Å². The van der Waals surface area contributed by atoms with Gasteiger partial charge in [0.2, 0.25) is 0 Å². The molecule has 1 aliphatic carbocycles. The molecule has 1 unspecified atom stereocenters. The Bertz CT molecular complexity index is 1390. The first-order chi connectivity index (χ1) is 15.9. The molecule has 170 valence electrons. The van der Waals surface area contributed by atoms with E-state index in [9.17, 15) is 4.39 Å². The van der Waals surface area contributed by atoms with Crippen LogP contribution in [0, 0.1) is 25.1 Å². The molecule has 1 atom stereocenters. The van der Waals surface area contributed by atoms with E-state index in [4.69, 9.17) is 15.5 Å². The number of benzene rings is 1. The maximum Gasteiger partial charge on any atom is 0.326 e. The zero-order valence-corrected chi connectivity index (χ0v) is 18.9. The number of aryl methyl sites for hydroxylation is 2. The van der Waals surface area contributed by atoms with Gasteiger partial charge in [-0.05, 0) is 50.5 Å². The van der Waals surface area contributed by atoms with Gasteiger partial charge in [-0.1, -0.05) is 0 Å². The Morgan fingerprint density at radius 2 is 2.06 bits per heavy atom. The number of fused-ring (bicyclic) bond motifs is 3. The molecule has 8 nitrogen and oxygen atoms in total. The second-order valence-electron chi connectivity index (χ2n) is 9.31. The van der Waals surface area contributed by atoms with E-state index in [0.29, 0.717) is 22.6 Å². The van der Waals surface area contributed by atoms with E-state index >= 15 is 0 Å². The fourth-order valence-corrected chi connectivity index (χ4v) is 5.13. The molecule has 2 fully saturated rings. The summed E-state index contributed by atoms with van der Waals surface area (Å²) in [7, 11) is 1.78. The molecule has 1 aliphatic heterocycles. The first kappa shape index (κ1) is 20.2. The van der Waals surface area contributed by atoms with E-state index in [1.54, 1.807) is 20.2 Å². The number of nitrogens with one attached hydrogen (secondary N) is 2. The smallest absolute Gasteiger partial charge is 0.326 e. The van der Waals surface area contributed by atoms with Gasteiger partial charge in [0.05, 0.1) is 22.8 Å². The molecule has 1 spiro atoms. The predicted molar refractivity (Wildman–Crippen MR) is 127 cm³/mol. The van der Waals surface area contributed by atoms with Crippen molar-refractivity contribution in [3.63, 3.8) is 0 Å². The lowest BCUT2D eigenvalue weighted by Gasteiger charge is -2.60. The average Bonchev–Trinajstić information content (AvgIpc) is 3.15. The van der Waals surface area contributed by atoms with Gasteiger partial charge in [0, 0.05) is 42.7 Å². The fourth-order valence-electron chi connectivity index (χ4n) is 5.13. The molecule has 4 N–H and O–H groups in total. The molecular formula is C24H26FN7O. The van der Waals surface area contributed by atoms with Crippen LogP contribution in [0.3, 0.4) is 0 Å². The van der Waals surface area contributed by atoms with Crippen LogP contribution in [0.5, 0.6) is 11.8 Å². The Balaban J connectivity index is 1.53. The van der Waals surface area contributed by atoms with Crippen molar-refractivity contribution >= 4 is 33.4 Å². The van der Waals surface area contributed by atoms with Gasteiger partial charge in [-0.15, -0.1) is 0 Å². The van der Waals surface area contributed by atoms with Gasteiger partial charge in [-0.3, -0.25) is 4.98 Å². The quantitative estimate of drug-likeness (QED) is 0.434. The summed E-state index contributed by atoms with van der Waals surface area (Å²) in [5.41, 5.74) is 10.0. The van der Waals surface area contributed by atoms with E-state index in [1.807, 2.05) is 19.1 Å². The van der Waals surface area contributed by atoms with Gasteiger partial charge in [0.1, 0.15) is 23.0 Å². The van der Waals surface area contributed by atoms with Crippen molar-refractivity contribution in [2.45, 2.75) is 32.7 Å². The molecule has 0 radical (unpaired) electrons. The standard InChI is InChI=1S/C24H26FN7O/c1-12-4-5-14(9-28-12)33-23-30-21-19(18-13(2)15(25)8-16(27-3)20(18)29-21)22(31-23)32-10-24(11-32)7-6-17(24)26/h4-5,8-9,17,27H,6-7,10-11,26H2,1-3H3,(H,29,30,31). The second kappa shape index (κ2) is 7.02. The van der Waals surface area contributed by atoms with Crippen LogP contribution in [0.2, 0.25) is 0 Å². The van der Waals surface area contributed by atoms with E-state index < -0.39 is 0 Å². The molecule has 1 saturated carbocycles. The van der Waals surface area contributed by atoms with Gasteiger partial charge in [0.25, 0.3) is 0 Å². The van der Waals surface area contributed by atoms with Crippen LogP contribution >= 0.6 is 0 Å². The van der Waals surface area contributed by atoms with Crippen molar-refractivity contribution in [1.82, 2.24) is 19.9 Å². The lowest BCUT2D eigenvalue weighted by molar-refractivity contribution is 0.0559. The number of hydrogen-bond acceptors (Lipinski definition) is 7. The third kappa shape index (κ3) is 2.95. The number of nitrogens with zero attached hydrogens (tertiary/aromatic N) is 4. The molecule has 4 heterocycles. The second-order valence-corrected chi connectivity index (χ2v) is 9.31. The summed E-state index contributed by atoms with van der Waals surface area (Å²) in [5, 5.41) is 4.67. The zero-order valence-electron chi connectivity index (χ0n) is 18.9. The molecular weight excluding hydrogens is 421 g/mol. The molecule has 33 heavy (non-hydrogen) atoms. The number of anilines is 2. The Kier molecular flexibility index (Phi) is 4.29. The lowest BCUT2D eigenvalue weighted by atomic mass is 9.60. The zero-order chi connectivity index (χ0) is 22.9. The summed E-state index contributed by atoms with van der Waals surface area (Å²) in [6, 6.07) is 5.66. The number of rotatable bonds is 4. The van der Waals surface area contributed by atoms with Gasteiger partial charge in [0.15, 0.2) is 0 Å². The third-order valence-corrected chi connectivity index (χ3v) is 7.30. The molecule has 0 bridgehead atoms. The van der Waals surface area contributed by atoms with Crippen molar-refractivity contribution in [3.8, 4) is 11.8 Å². The van der Waals surface area contributed by atoms with Gasteiger partial charge >= 0.3 is 6.01 Å². The monoisotopic (exact) mass is 447 g/mol. The topological polar surface area (TPSA) is 105 Å². The van der Waals surface area contributed by atoms with Gasteiger partial charge < -0.3 is 25.7 Å². The normalized spacial score (nSPS) is 19.1. The minimum absolute atomic E-state index is 0.154. The van der Waals surface area contributed by atoms with E-state index in [1.165, 1.54) is 6.07 Å². The average molecular weight is 448 g/mol. The number of hydrogen-bond donors (Lipinski definition) is 3. The highest BCUT2D eigenvalue weighted by Gasteiger charge is 2.54. The van der Waals surface area contributed by atoms with Gasteiger partial charge in [-0.2, -0.15) is 9.97 Å². The molecule has 0 amide bonds. The minimum Gasteiger partial charge on any atom is -0.423 e. The molecule has 2 aliphatic rings. The highest BCUT2D eigenvalue weighted by molar-refractivity contribution is 6.16. The number of halogens is 1. The van der Waals surface area contributed by atoms with Crippen LogP contribution in [0.1, 0.15) is 24.1 Å². The summed E-state index contributed by atoms with van der Waals surface area (Å²) < 4.78 is 20.8. The number of nitrogens with two attached hydrogens (primary N) is 1. The minimum atomic E-state index is -0.272. The Hall–Kier alpha value is -3.46. The van der Waals surface area contributed by atoms with Crippen molar-refractivity contribution < 1.29 is 9.13 Å². The van der Waals surface area contributed by atoms with Crippen molar-refractivity contribution in [3.05, 3.63) is 41.5 Å². The maximum absolute atomic E-state index is 14.8. The molecule has 4 aromatic rings. The summed E-state index contributed by atoms with van der Waals surface area (Å²) in [6.07, 6.45) is 3.84. The van der Waals surface area contributed by atoms with E-state index in [-0.39, 0.29) is 23.3 Å². The number of pyridine rings is 1. The fraction of sp³-hybridized carbons (Fsp3) is 0.375.